The van der Waals surface area contributed by atoms with Crippen LogP contribution in [0.5, 0.6) is 28.7 Å². The van der Waals surface area contributed by atoms with Crippen molar-refractivity contribution in [3.63, 3.8) is 0 Å². The highest BCUT2D eigenvalue weighted by Crippen LogP contribution is 2.37. The van der Waals surface area contributed by atoms with Crippen molar-refractivity contribution in [2.75, 3.05) is 40.1 Å². The van der Waals surface area contributed by atoms with E-state index in [0.29, 0.717) is 65.1 Å². The molecule has 2 aliphatic heterocycles. The molecule has 1 aliphatic carbocycles. The number of rotatable bonds is 12. The molecule has 0 spiro atoms. The van der Waals surface area contributed by atoms with Gasteiger partial charge in [-0.05, 0) is 74.2 Å². The van der Waals surface area contributed by atoms with E-state index < -0.39 is 24.0 Å². The molecule has 4 N–H and O–H groups in total. The van der Waals surface area contributed by atoms with Gasteiger partial charge in [0.25, 0.3) is 5.91 Å². The molecule has 1 amide bonds. The van der Waals surface area contributed by atoms with E-state index in [1.165, 1.54) is 6.08 Å². The lowest BCUT2D eigenvalue weighted by Gasteiger charge is -2.23. The molecular formula is C33H37FN4O7. The zero-order valence-electron chi connectivity index (χ0n) is 25.0. The van der Waals surface area contributed by atoms with Crippen molar-refractivity contribution < 1.29 is 38.0 Å². The minimum Gasteiger partial charge on any atom is -0.493 e. The summed E-state index contributed by atoms with van der Waals surface area (Å²) in [4.78, 5) is 17.0. The maximum atomic E-state index is 15.2. The number of aliphatic hydroxyl groups excluding tert-OH is 1. The number of fused-ring (bicyclic) bond motifs is 2. The second-order valence-corrected chi connectivity index (χ2v) is 11.2. The Hall–Kier alpha value is -4.39. The number of benzene rings is 2. The van der Waals surface area contributed by atoms with Crippen LogP contribution >= 0.6 is 0 Å². The minimum absolute atomic E-state index is 0.0283. The third-order valence-electron chi connectivity index (χ3n) is 8.05. The van der Waals surface area contributed by atoms with E-state index in [-0.39, 0.29) is 19.0 Å². The molecule has 3 heterocycles. The number of piperidine rings is 1. The summed E-state index contributed by atoms with van der Waals surface area (Å²) in [6.07, 6.45) is 5.80. The first-order valence-electron chi connectivity index (χ1n) is 15.1. The van der Waals surface area contributed by atoms with Crippen LogP contribution < -0.4 is 39.6 Å². The van der Waals surface area contributed by atoms with Crippen molar-refractivity contribution in [1.29, 1.82) is 0 Å². The molecular weight excluding hydrogens is 583 g/mol. The molecule has 238 valence electrons. The molecule has 1 fully saturated rings. The molecule has 12 heteroatoms. The largest absolute Gasteiger partial charge is 0.493 e. The monoisotopic (exact) mass is 620 g/mol. The van der Waals surface area contributed by atoms with Crippen molar-refractivity contribution in [3.8, 4) is 28.7 Å². The van der Waals surface area contributed by atoms with Gasteiger partial charge in [-0.25, -0.2) is 4.39 Å². The van der Waals surface area contributed by atoms with E-state index in [0.717, 1.165) is 31.5 Å². The Labute approximate surface area is 260 Å². The second-order valence-electron chi connectivity index (χ2n) is 11.2. The first-order chi connectivity index (χ1) is 22.0. The first-order valence-corrected chi connectivity index (χ1v) is 15.1. The number of hydrogen-bond donors (Lipinski definition) is 4. The van der Waals surface area contributed by atoms with Crippen molar-refractivity contribution in [2.24, 2.45) is 5.92 Å². The third-order valence-corrected chi connectivity index (χ3v) is 8.05. The predicted molar refractivity (Wildman–Crippen MR) is 164 cm³/mol. The molecule has 11 nitrogen and oxygen atoms in total. The summed E-state index contributed by atoms with van der Waals surface area (Å²) in [7, 11) is 1.57. The Morgan fingerprint density at radius 1 is 1.13 bits per heavy atom. The Morgan fingerprint density at radius 2 is 1.98 bits per heavy atom. The molecule has 1 aromatic heterocycles. The van der Waals surface area contributed by atoms with Gasteiger partial charge in [0, 0.05) is 30.6 Å². The number of carbonyl (C=O) groups excluding carboxylic acids is 1. The molecule has 2 atom stereocenters. The van der Waals surface area contributed by atoms with Crippen LogP contribution in [0.1, 0.15) is 24.8 Å². The smallest absolute Gasteiger partial charge is 0.264 e. The van der Waals surface area contributed by atoms with Crippen LogP contribution in [0.4, 0.5) is 4.39 Å². The lowest BCUT2D eigenvalue weighted by atomic mass is 9.99. The molecule has 1 saturated heterocycles. The summed E-state index contributed by atoms with van der Waals surface area (Å²) >= 11 is 0. The topological polar surface area (TPSA) is 132 Å². The molecule has 3 aliphatic rings. The number of nitrogens with zero attached hydrogens (tertiary/aromatic N) is 1. The van der Waals surface area contributed by atoms with Gasteiger partial charge in [0.2, 0.25) is 6.79 Å². The zero-order valence-corrected chi connectivity index (χ0v) is 25.0. The van der Waals surface area contributed by atoms with Crippen LogP contribution in [-0.2, 0) is 11.2 Å². The summed E-state index contributed by atoms with van der Waals surface area (Å²) in [6.45, 7) is 3.11. The first kappa shape index (κ1) is 30.6. The third kappa shape index (κ3) is 7.47. The van der Waals surface area contributed by atoms with E-state index in [9.17, 15) is 9.90 Å². The van der Waals surface area contributed by atoms with Gasteiger partial charge in [-0.3, -0.25) is 15.1 Å². The summed E-state index contributed by atoms with van der Waals surface area (Å²) in [5.41, 5.74) is 1.59. The second kappa shape index (κ2) is 14.1. The number of nitrogens with one attached hydrogen (secondary N) is 3. The Kier molecular flexibility index (Phi) is 9.63. The molecule has 3 aromatic rings. The fourth-order valence-electron chi connectivity index (χ4n) is 5.51. The number of aromatic nitrogens is 1. The van der Waals surface area contributed by atoms with Gasteiger partial charge in [-0.15, -0.1) is 0 Å². The van der Waals surface area contributed by atoms with Crippen molar-refractivity contribution in [1.82, 2.24) is 20.9 Å². The zero-order chi connectivity index (χ0) is 31.2. The maximum absolute atomic E-state index is 15.2. The number of methoxy groups -OCH3 is 1. The number of ether oxygens (including phenoxy) is 5. The summed E-state index contributed by atoms with van der Waals surface area (Å²) in [5, 5.41) is 19.7. The Bertz CT molecular complexity index is 1590. The molecule has 2 aromatic carbocycles. The number of aliphatic hydroxyl groups is 1. The predicted octanol–water partition coefficient (Wildman–Crippen LogP) is 3.51. The van der Waals surface area contributed by atoms with Crippen molar-refractivity contribution in [3.05, 3.63) is 71.9 Å². The quantitative estimate of drug-likeness (QED) is 0.223. The van der Waals surface area contributed by atoms with Gasteiger partial charge in [0.15, 0.2) is 35.0 Å². The minimum atomic E-state index is -1.45. The molecule has 0 radical (unpaired) electrons. The van der Waals surface area contributed by atoms with Gasteiger partial charge < -0.3 is 39.4 Å². The van der Waals surface area contributed by atoms with E-state index in [4.69, 9.17) is 23.7 Å². The fourth-order valence-corrected chi connectivity index (χ4v) is 5.51. The van der Waals surface area contributed by atoms with Crippen molar-refractivity contribution >= 4 is 16.8 Å². The molecule has 0 bridgehead atoms. The lowest BCUT2D eigenvalue weighted by molar-refractivity contribution is -0.131. The van der Waals surface area contributed by atoms with Gasteiger partial charge in [-0.1, -0.05) is 12.1 Å². The molecule has 2 unspecified atom stereocenters. The van der Waals surface area contributed by atoms with Crippen LogP contribution in [0.15, 0.2) is 66.3 Å². The average molecular weight is 621 g/mol. The molecule has 0 saturated carbocycles. The van der Waals surface area contributed by atoms with Gasteiger partial charge in [0.05, 0.1) is 25.3 Å². The number of allylic oxidation sites excluding steroid dienone is 1. The van der Waals surface area contributed by atoms with Crippen LogP contribution in [0.3, 0.4) is 0 Å². The van der Waals surface area contributed by atoms with E-state index >= 15 is 4.39 Å². The van der Waals surface area contributed by atoms with Gasteiger partial charge in [0.1, 0.15) is 11.6 Å². The Morgan fingerprint density at radius 3 is 2.80 bits per heavy atom. The lowest BCUT2D eigenvalue weighted by Crippen LogP contribution is -2.48. The van der Waals surface area contributed by atoms with E-state index in [2.05, 4.69) is 20.9 Å². The SMILES string of the molecule is COc1cc2c(OC3=C(F)CC(NC(=O)C(O)NCCc4ccc5c(c4)OCO5)C=C3)ccnc2cc1OCC1CCNCC1. The number of amides is 1. The van der Waals surface area contributed by atoms with Crippen LogP contribution in [0, 0.1) is 5.92 Å². The fraction of sp³-hybridized carbons (Fsp3) is 0.394. The number of carbonyl (C=O) groups is 1. The average Bonchev–Trinajstić information content (AvgIpc) is 3.53. The standard InChI is InChI=1S/C33H37FN4O7/c1-41-29-16-23-25(17-31(29)42-18-21-6-10-35-11-7-21)36-13-9-26(23)45-27-5-3-22(15-24(27)34)38-33(40)32(39)37-12-8-20-2-4-28-30(14-20)44-19-43-28/h2-5,9,13-14,16-17,21-22,32,35,37,39H,6-8,10-12,15,18-19H2,1H3,(H,38,40). The normalized spacial score (nSPS) is 18.6. The summed E-state index contributed by atoms with van der Waals surface area (Å²) < 4.78 is 43.6. The highest BCUT2D eigenvalue weighted by Gasteiger charge is 2.24. The van der Waals surface area contributed by atoms with Gasteiger partial charge in [-0.2, -0.15) is 0 Å². The Balaban J connectivity index is 1.03. The van der Waals surface area contributed by atoms with E-state index in [1.54, 1.807) is 31.5 Å². The highest BCUT2D eigenvalue weighted by atomic mass is 19.1. The van der Waals surface area contributed by atoms with Crippen molar-refractivity contribution in [2.45, 2.75) is 38.0 Å². The number of hydrogen-bond acceptors (Lipinski definition) is 10. The summed E-state index contributed by atoms with van der Waals surface area (Å²) in [5.74, 6) is 2.22. The van der Waals surface area contributed by atoms with Gasteiger partial charge >= 0.3 is 0 Å². The van der Waals surface area contributed by atoms with Crippen LogP contribution in [0.2, 0.25) is 0 Å². The molecule has 45 heavy (non-hydrogen) atoms. The summed E-state index contributed by atoms with van der Waals surface area (Å²) in [6, 6.07) is 10.2. The van der Waals surface area contributed by atoms with Crippen LogP contribution in [0.25, 0.3) is 10.9 Å². The highest BCUT2D eigenvalue weighted by molar-refractivity contribution is 5.88. The van der Waals surface area contributed by atoms with Crippen LogP contribution in [-0.4, -0.2) is 68.4 Å². The molecule has 6 rings (SSSR count). The maximum Gasteiger partial charge on any atom is 0.264 e. The number of halogens is 1. The number of pyridine rings is 1. The van der Waals surface area contributed by atoms with E-state index in [1.807, 2.05) is 24.3 Å².